The first-order valence-electron chi connectivity index (χ1n) is 13.3. The van der Waals surface area contributed by atoms with Gasteiger partial charge in [0.05, 0.1) is 17.5 Å². The van der Waals surface area contributed by atoms with Crippen molar-refractivity contribution in [2.45, 2.75) is 76.7 Å². The molecule has 0 heterocycles. The predicted octanol–water partition coefficient (Wildman–Crippen LogP) is 5.26. The van der Waals surface area contributed by atoms with Gasteiger partial charge in [-0.15, -0.1) is 0 Å². The normalized spacial score (nSPS) is 15.1. The number of benzene rings is 2. The highest BCUT2D eigenvalue weighted by molar-refractivity contribution is 7.92. The standard InChI is InChI=1S/C28H35F4N3O4S/c1-3-25(27(37)33-23-9-4-5-10-23)34(19-20-13-15-22(29)16-14-20)26(36)12-7-17-35(40(2,38)39)24-11-6-8-21(18-24)28(30,31)32/h6,8,11,13-16,18,23,25H,3-5,7,9-10,12,17,19H2,1-2H3,(H,33,37). The molecule has 40 heavy (non-hydrogen) atoms. The van der Waals surface area contributed by atoms with E-state index < -0.39 is 39.5 Å². The van der Waals surface area contributed by atoms with Crippen molar-refractivity contribution >= 4 is 27.5 Å². The molecular weight excluding hydrogens is 550 g/mol. The van der Waals surface area contributed by atoms with E-state index in [0.29, 0.717) is 12.0 Å². The minimum Gasteiger partial charge on any atom is -0.352 e. The fourth-order valence-corrected chi connectivity index (χ4v) is 5.87. The molecule has 2 amide bonds. The molecule has 2 aromatic carbocycles. The van der Waals surface area contributed by atoms with Gasteiger partial charge >= 0.3 is 6.18 Å². The van der Waals surface area contributed by atoms with Gasteiger partial charge in [-0.2, -0.15) is 13.2 Å². The van der Waals surface area contributed by atoms with Crippen molar-refractivity contribution in [3.05, 3.63) is 65.5 Å². The Hall–Kier alpha value is -3.15. The number of halogens is 4. The van der Waals surface area contributed by atoms with Crippen LogP contribution in [-0.2, 0) is 32.3 Å². The van der Waals surface area contributed by atoms with Crippen LogP contribution < -0.4 is 9.62 Å². The van der Waals surface area contributed by atoms with E-state index in [1.54, 1.807) is 6.92 Å². The van der Waals surface area contributed by atoms with Gasteiger partial charge < -0.3 is 10.2 Å². The van der Waals surface area contributed by atoms with Crippen molar-refractivity contribution in [3.63, 3.8) is 0 Å². The fraction of sp³-hybridized carbons (Fsp3) is 0.500. The van der Waals surface area contributed by atoms with E-state index in [0.717, 1.165) is 54.4 Å². The van der Waals surface area contributed by atoms with Gasteiger partial charge in [-0.1, -0.05) is 38.0 Å². The van der Waals surface area contributed by atoms with Crippen LogP contribution in [0.3, 0.4) is 0 Å². The molecule has 0 bridgehead atoms. The first kappa shape index (κ1) is 31.4. The first-order valence-corrected chi connectivity index (χ1v) is 15.1. The fourth-order valence-electron chi connectivity index (χ4n) is 4.91. The van der Waals surface area contributed by atoms with Crippen LogP contribution in [0.2, 0.25) is 0 Å². The van der Waals surface area contributed by atoms with Crippen molar-refractivity contribution < 1.29 is 35.6 Å². The second-order valence-corrected chi connectivity index (χ2v) is 12.0. The summed E-state index contributed by atoms with van der Waals surface area (Å²) in [7, 11) is -3.96. The Morgan fingerprint density at radius 3 is 2.30 bits per heavy atom. The van der Waals surface area contributed by atoms with Crippen molar-refractivity contribution in [2.24, 2.45) is 0 Å². The molecule has 0 saturated heterocycles. The molecule has 3 rings (SSSR count). The van der Waals surface area contributed by atoms with Gasteiger partial charge in [0.25, 0.3) is 0 Å². The SMILES string of the molecule is CCC(C(=O)NC1CCCC1)N(Cc1ccc(F)cc1)C(=O)CCCN(c1cccc(C(F)(F)F)c1)S(C)(=O)=O. The van der Waals surface area contributed by atoms with Crippen molar-refractivity contribution in [1.82, 2.24) is 10.2 Å². The van der Waals surface area contributed by atoms with Gasteiger partial charge in [0.2, 0.25) is 21.8 Å². The van der Waals surface area contributed by atoms with Crippen LogP contribution in [0.15, 0.2) is 48.5 Å². The summed E-state index contributed by atoms with van der Waals surface area (Å²) in [5, 5.41) is 3.02. The average Bonchev–Trinajstić information content (AvgIpc) is 3.39. The van der Waals surface area contributed by atoms with Gasteiger partial charge in [0, 0.05) is 25.6 Å². The maximum atomic E-state index is 13.5. The Morgan fingerprint density at radius 2 is 1.73 bits per heavy atom. The zero-order chi connectivity index (χ0) is 29.5. The van der Waals surface area contributed by atoms with Gasteiger partial charge in [-0.05, 0) is 61.6 Å². The highest BCUT2D eigenvalue weighted by Crippen LogP contribution is 2.32. The van der Waals surface area contributed by atoms with Crippen molar-refractivity contribution in [1.29, 1.82) is 0 Å². The molecule has 1 fully saturated rings. The van der Waals surface area contributed by atoms with E-state index in [1.165, 1.54) is 35.2 Å². The number of alkyl halides is 3. The number of carbonyl (C=O) groups is 2. The second-order valence-electron chi connectivity index (χ2n) is 10.0. The third-order valence-corrected chi connectivity index (χ3v) is 8.16. The highest BCUT2D eigenvalue weighted by atomic mass is 32.2. The Balaban J connectivity index is 1.77. The maximum Gasteiger partial charge on any atom is 0.416 e. The van der Waals surface area contributed by atoms with E-state index in [9.17, 15) is 35.6 Å². The largest absolute Gasteiger partial charge is 0.416 e. The lowest BCUT2D eigenvalue weighted by Crippen LogP contribution is -2.51. The molecule has 0 spiro atoms. The quantitative estimate of drug-likeness (QED) is 0.345. The van der Waals surface area contributed by atoms with Gasteiger partial charge in [0.15, 0.2) is 0 Å². The summed E-state index contributed by atoms with van der Waals surface area (Å²) >= 11 is 0. The van der Waals surface area contributed by atoms with Gasteiger partial charge in [-0.25, -0.2) is 12.8 Å². The topological polar surface area (TPSA) is 86.8 Å². The number of sulfonamides is 1. The van der Waals surface area contributed by atoms with Crippen LogP contribution in [0, 0.1) is 5.82 Å². The molecule has 7 nitrogen and oxygen atoms in total. The molecule has 0 radical (unpaired) electrons. The van der Waals surface area contributed by atoms with Crippen LogP contribution in [0.4, 0.5) is 23.2 Å². The molecule has 1 aliphatic carbocycles. The number of rotatable bonds is 12. The van der Waals surface area contributed by atoms with Crippen molar-refractivity contribution in [2.75, 3.05) is 17.1 Å². The third-order valence-electron chi connectivity index (χ3n) is 6.97. The third kappa shape index (κ3) is 8.67. The summed E-state index contributed by atoms with van der Waals surface area (Å²) in [6, 6.07) is 8.81. The summed E-state index contributed by atoms with van der Waals surface area (Å²) in [6.45, 7) is 1.59. The molecule has 0 aromatic heterocycles. The lowest BCUT2D eigenvalue weighted by Gasteiger charge is -2.32. The summed E-state index contributed by atoms with van der Waals surface area (Å²) in [4.78, 5) is 28.1. The van der Waals surface area contributed by atoms with E-state index in [4.69, 9.17) is 0 Å². The molecule has 2 aromatic rings. The number of amides is 2. The van der Waals surface area contributed by atoms with E-state index in [2.05, 4.69) is 5.32 Å². The monoisotopic (exact) mass is 585 g/mol. The number of carbonyl (C=O) groups excluding carboxylic acids is 2. The summed E-state index contributed by atoms with van der Waals surface area (Å²) < 4.78 is 78.8. The van der Waals surface area contributed by atoms with Gasteiger partial charge in [0.1, 0.15) is 11.9 Å². The molecule has 0 aliphatic heterocycles. The molecule has 1 N–H and O–H groups in total. The molecule has 1 atom stereocenters. The lowest BCUT2D eigenvalue weighted by molar-refractivity contribution is -0.141. The number of hydrogen-bond acceptors (Lipinski definition) is 4. The first-order chi connectivity index (χ1) is 18.8. The zero-order valence-corrected chi connectivity index (χ0v) is 23.4. The summed E-state index contributed by atoms with van der Waals surface area (Å²) in [6.07, 6.45) is 0.176. The van der Waals surface area contributed by atoms with E-state index in [-0.39, 0.29) is 43.6 Å². The Labute approximate surface area is 232 Å². The smallest absolute Gasteiger partial charge is 0.352 e. The second kappa shape index (κ2) is 13.5. The van der Waals surface area contributed by atoms with Crippen LogP contribution in [-0.4, -0.2) is 50.0 Å². The molecular formula is C28H35F4N3O4S. The van der Waals surface area contributed by atoms with Crippen LogP contribution in [0.25, 0.3) is 0 Å². The van der Waals surface area contributed by atoms with Gasteiger partial charge in [-0.3, -0.25) is 13.9 Å². The molecule has 220 valence electrons. The van der Waals surface area contributed by atoms with Crippen LogP contribution in [0.1, 0.15) is 63.0 Å². The zero-order valence-electron chi connectivity index (χ0n) is 22.6. The number of anilines is 1. The molecule has 12 heteroatoms. The van der Waals surface area contributed by atoms with Crippen LogP contribution >= 0.6 is 0 Å². The Bertz CT molecular complexity index is 1260. The molecule has 1 unspecified atom stereocenters. The molecule has 1 saturated carbocycles. The van der Waals surface area contributed by atoms with E-state index >= 15 is 0 Å². The average molecular weight is 586 g/mol. The minimum absolute atomic E-state index is 0.00272. The predicted molar refractivity (Wildman–Crippen MR) is 144 cm³/mol. The molecule has 1 aliphatic rings. The lowest BCUT2D eigenvalue weighted by atomic mass is 10.1. The van der Waals surface area contributed by atoms with Crippen LogP contribution in [0.5, 0.6) is 0 Å². The summed E-state index contributed by atoms with van der Waals surface area (Å²) in [5.74, 6) is -1.15. The van der Waals surface area contributed by atoms with E-state index in [1.807, 2.05) is 0 Å². The van der Waals surface area contributed by atoms with Crippen molar-refractivity contribution in [3.8, 4) is 0 Å². The Morgan fingerprint density at radius 1 is 1.07 bits per heavy atom. The minimum atomic E-state index is -4.65. The summed E-state index contributed by atoms with van der Waals surface area (Å²) in [5.41, 5.74) is -0.529. The Kier molecular flexibility index (Phi) is 10.6. The number of hydrogen-bond donors (Lipinski definition) is 1. The highest BCUT2D eigenvalue weighted by Gasteiger charge is 2.33. The number of nitrogens with zero attached hydrogens (tertiary/aromatic N) is 2. The number of nitrogens with one attached hydrogen (secondary N) is 1. The maximum absolute atomic E-state index is 13.5.